The predicted molar refractivity (Wildman–Crippen MR) is 90.5 cm³/mol. The number of benzene rings is 1. The monoisotopic (exact) mass is 310 g/mol. The van der Waals surface area contributed by atoms with Crippen molar-refractivity contribution in [2.45, 2.75) is 38.3 Å². The van der Waals surface area contributed by atoms with Crippen molar-refractivity contribution >= 4 is 10.9 Å². The maximum atomic E-state index is 9.66. The lowest BCUT2D eigenvalue weighted by Gasteiger charge is -2.27. The summed E-state index contributed by atoms with van der Waals surface area (Å²) in [7, 11) is 0. The van der Waals surface area contributed by atoms with E-state index in [1.807, 2.05) is 12.1 Å². The summed E-state index contributed by atoms with van der Waals surface area (Å²) in [6, 6.07) is 10.6. The molecule has 2 atom stereocenters. The molecule has 1 aromatic carbocycles. The number of fused-ring (bicyclic) bond motifs is 3. The van der Waals surface area contributed by atoms with Crippen molar-refractivity contribution in [3.05, 3.63) is 59.2 Å². The van der Waals surface area contributed by atoms with Crippen molar-refractivity contribution in [2.24, 2.45) is 0 Å². The minimum Gasteiger partial charge on any atom is -0.468 e. The van der Waals surface area contributed by atoms with E-state index in [-0.39, 0.29) is 12.6 Å². The van der Waals surface area contributed by atoms with Crippen molar-refractivity contribution in [2.75, 3.05) is 6.61 Å². The maximum Gasteiger partial charge on any atom is 0.123 e. The van der Waals surface area contributed by atoms with Crippen molar-refractivity contribution in [3.63, 3.8) is 0 Å². The SMILES string of the molecule is Cc1ccc2[nH]c3c(c2c1)CC(NC(CO)c1ccco1)CC3. The number of aromatic amines is 1. The summed E-state index contributed by atoms with van der Waals surface area (Å²) in [5.74, 6) is 0.799. The fraction of sp³-hybridized carbons (Fsp3) is 0.368. The molecule has 3 aromatic rings. The van der Waals surface area contributed by atoms with Gasteiger partial charge in [0.05, 0.1) is 18.9 Å². The number of aliphatic hydroxyl groups excluding tert-OH is 1. The number of aliphatic hydroxyl groups is 1. The van der Waals surface area contributed by atoms with Crippen LogP contribution in [0.1, 0.15) is 35.0 Å². The third-order valence-electron chi connectivity index (χ3n) is 4.85. The molecule has 0 radical (unpaired) electrons. The van der Waals surface area contributed by atoms with Gasteiger partial charge in [0.2, 0.25) is 0 Å². The van der Waals surface area contributed by atoms with Gasteiger partial charge in [0.25, 0.3) is 0 Å². The summed E-state index contributed by atoms with van der Waals surface area (Å²) in [6.07, 6.45) is 4.74. The fourth-order valence-electron chi connectivity index (χ4n) is 3.67. The Hall–Kier alpha value is -2.04. The molecule has 2 heterocycles. The van der Waals surface area contributed by atoms with Gasteiger partial charge >= 0.3 is 0 Å². The number of aromatic nitrogens is 1. The fourth-order valence-corrected chi connectivity index (χ4v) is 3.67. The first kappa shape index (κ1) is 14.5. The average molecular weight is 310 g/mol. The Morgan fingerprint density at radius 1 is 1.39 bits per heavy atom. The van der Waals surface area contributed by atoms with E-state index in [9.17, 15) is 5.11 Å². The lowest BCUT2D eigenvalue weighted by atomic mass is 9.90. The molecule has 4 heteroatoms. The second-order valence-corrected chi connectivity index (χ2v) is 6.49. The summed E-state index contributed by atoms with van der Waals surface area (Å²) < 4.78 is 5.44. The first-order valence-electron chi connectivity index (χ1n) is 8.25. The number of hydrogen-bond acceptors (Lipinski definition) is 3. The van der Waals surface area contributed by atoms with Crippen LogP contribution in [0.3, 0.4) is 0 Å². The van der Waals surface area contributed by atoms with E-state index in [0.29, 0.717) is 6.04 Å². The van der Waals surface area contributed by atoms with Crippen LogP contribution in [-0.4, -0.2) is 22.7 Å². The van der Waals surface area contributed by atoms with Gasteiger partial charge in [-0.2, -0.15) is 0 Å². The topological polar surface area (TPSA) is 61.2 Å². The molecule has 0 saturated heterocycles. The Morgan fingerprint density at radius 2 is 2.30 bits per heavy atom. The van der Waals surface area contributed by atoms with Crippen LogP contribution in [-0.2, 0) is 12.8 Å². The number of rotatable bonds is 4. The van der Waals surface area contributed by atoms with Crippen LogP contribution in [0.2, 0.25) is 0 Å². The first-order valence-corrected chi connectivity index (χ1v) is 8.25. The highest BCUT2D eigenvalue weighted by Gasteiger charge is 2.25. The minimum absolute atomic E-state index is 0.0455. The third-order valence-corrected chi connectivity index (χ3v) is 4.85. The van der Waals surface area contributed by atoms with E-state index in [4.69, 9.17) is 4.42 Å². The van der Waals surface area contributed by atoms with E-state index in [1.54, 1.807) is 6.26 Å². The highest BCUT2D eigenvalue weighted by molar-refractivity contribution is 5.85. The molecule has 1 aliphatic carbocycles. The van der Waals surface area contributed by atoms with Crippen LogP contribution in [0.25, 0.3) is 10.9 Å². The first-order chi connectivity index (χ1) is 11.2. The molecule has 1 aliphatic rings. The zero-order valence-electron chi connectivity index (χ0n) is 13.3. The van der Waals surface area contributed by atoms with Gasteiger partial charge < -0.3 is 19.8 Å². The number of furan rings is 1. The Labute approximate surface area is 135 Å². The molecule has 0 fully saturated rings. The molecular weight excluding hydrogens is 288 g/mol. The highest BCUT2D eigenvalue weighted by atomic mass is 16.3. The van der Waals surface area contributed by atoms with Crippen LogP contribution in [0.15, 0.2) is 41.0 Å². The smallest absolute Gasteiger partial charge is 0.123 e. The summed E-state index contributed by atoms with van der Waals surface area (Å²) in [4.78, 5) is 3.56. The molecular formula is C19H22N2O2. The summed E-state index contributed by atoms with van der Waals surface area (Å²) in [5, 5.41) is 14.6. The van der Waals surface area contributed by atoms with Gasteiger partial charge in [-0.1, -0.05) is 11.6 Å². The third kappa shape index (κ3) is 2.69. The van der Waals surface area contributed by atoms with E-state index in [0.717, 1.165) is 25.0 Å². The van der Waals surface area contributed by atoms with Crippen LogP contribution in [0, 0.1) is 6.92 Å². The summed E-state index contributed by atoms with van der Waals surface area (Å²) >= 11 is 0. The van der Waals surface area contributed by atoms with Gasteiger partial charge in [0.1, 0.15) is 5.76 Å². The Balaban J connectivity index is 1.58. The Bertz CT molecular complexity index is 804. The average Bonchev–Trinajstić information content (AvgIpc) is 3.20. The van der Waals surface area contributed by atoms with Gasteiger partial charge in [-0.05, 0) is 56.0 Å². The molecule has 4 rings (SSSR count). The molecule has 3 N–H and O–H groups in total. The Morgan fingerprint density at radius 3 is 3.09 bits per heavy atom. The van der Waals surface area contributed by atoms with E-state index in [2.05, 4.69) is 35.4 Å². The van der Waals surface area contributed by atoms with E-state index >= 15 is 0 Å². The van der Waals surface area contributed by atoms with Crippen molar-refractivity contribution < 1.29 is 9.52 Å². The van der Waals surface area contributed by atoms with Crippen molar-refractivity contribution in [1.29, 1.82) is 0 Å². The molecule has 0 amide bonds. The lowest BCUT2D eigenvalue weighted by Crippen LogP contribution is -2.38. The van der Waals surface area contributed by atoms with Gasteiger partial charge in [-0.3, -0.25) is 0 Å². The van der Waals surface area contributed by atoms with E-state index < -0.39 is 0 Å². The van der Waals surface area contributed by atoms with Crippen LogP contribution < -0.4 is 5.32 Å². The standard InChI is InChI=1S/C19H22N2O2/c1-12-4-6-16-14(9-12)15-10-13(5-7-17(15)21-16)20-18(11-22)19-3-2-8-23-19/h2-4,6,8-9,13,18,20-22H,5,7,10-11H2,1H3. The molecule has 0 spiro atoms. The quantitative estimate of drug-likeness (QED) is 0.693. The summed E-state index contributed by atoms with van der Waals surface area (Å²) in [5.41, 5.74) is 5.30. The molecule has 4 nitrogen and oxygen atoms in total. The number of aryl methyl sites for hydroxylation is 2. The zero-order valence-corrected chi connectivity index (χ0v) is 13.3. The molecule has 0 bridgehead atoms. The summed E-state index contributed by atoms with van der Waals surface area (Å²) in [6.45, 7) is 2.18. The lowest BCUT2D eigenvalue weighted by molar-refractivity contribution is 0.210. The van der Waals surface area contributed by atoms with Crippen LogP contribution in [0.4, 0.5) is 0 Å². The molecule has 23 heavy (non-hydrogen) atoms. The number of nitrogens with one attached hydrogen (secondary N) is 2. The highest BCUT2D eigenvalue weighted by Crippen LogP contribution is 2.30. The molecule has 120 valence electrons. The van der Waals surface area contributed by atoms with Crippen molar-refractivity contribution in [3.8, 4) is 0 Å². The second kappa shape index (κ2) is 5.87. The van der Waals surface area contributed by atoms with Crippen LogP contribution in [0.5, 0.6) is 0 Å². The van der Waals surface area contributed by atoms with Crippen molar-refractivity contribution in [1.82, 2.24) is 10.3 Å². The van der Waals surface area contributed by atoms with Gasteiger partial charge in [-0.15, -0.1) is 0 Å². The van der Waals surface area contributed by atoms with Crippen LogP contribution >= 0.6 is 0 Å². The van der Waals surface area contributed by atoms with E-state index in [1.165, 1.54) is 27.7 Å². The minimum atomic E-state index is -0.136. The normalized spacial score (nSPS) is 19.0. The predicted octanol–water partition coefficient (Wildman–Crippen LogP) is 3.25. The number of H-pyrrole nitrogens is 1. The molecule has 2 aromatic heterocycles. The maximum absolute atomic E-state index is 9.66. The van der Waals surface area contributed by atoms with Gasteiger partial charge in [-0.25, -0.2) is 0 Å². The molecule has 0 saturated carbocycles. The number of hydrogen-bond donors (Lipinski definition) is 3. The second-order valence-electron chi connectivity index (χ2n) is 6.49. The molecule has 0 aliphatic heterocycles. The molecule has 2 unspecified atom stereocenters. The zero-order chi connectivity index (χ0) is 15.8. The largest absolute Gasteiger partial charge is 0.468 e. The Kier molecular flexibility index (Phi) is 3.71. The van der Waals surface area contributed by atoms with Gasteiger partial charge in [0, 0.05) is 22.6 Å². The van der Waals surface area contributed by atoms with Gasteiger partial charge in [0.15, 0.2) is 0 Å².